The lowest BCUT2D eigenvalue weighted by atomic mass is 10.2. The second-order valence-corrected chi connectivity index (χ2v) is 4.61. The number of fused-ring (bicyclic) bond motifs is 1. The van der Waals surface area contributed by atoms with E-state index >= 15 is 0 Å². The number of hydrogen-bond acceptors (Lipinski definition) is 3. The first-order chi connectivity index (χ1) is 9.86. The van der Waals surface area contributed by atoms with Gasteiger partial charge in [0.15, 0.2) is 5.75 Å². The summed E-state index contributed by atoms with van der Waals surface area (Å²) in [4.78, 5) is 4.39. The molecule has 1 N–H and O–H groups in total. The summed E-state index contributed by atoms with van der Waals surface area (Å²) in [6, 6.07) is 18.0. The maximum absolute atomic E-state index is 5.94. The van der Waals surface area contributed by atoms with E-state index in [1.54, 1.807) is 6.20 Å². The molecule has 0 unspecified atom stereocenters. The van der Waals surface area contributed by atoms with Crippen LogP contribution in [0.15, 0.2) is 60.8 Å². The van der Waals surface area contributed by atoms with Gasteiger partial charge in [-0.15, -0.1) is 0 Å². The molecule has 100 valence electrons. The SMILES string of the molecule is CNCc1ccc(Oc2cccc3cccnc23)cc1. The predicted octanol–water partition coefficient (Wildman–Crippen LogP) is 3.75. The molecule has 0 aliphatic carbocycles. The Hall–Kier alpha value is -2.39. The molecule has 3 nitrogen and oxygen atoms in total. The van der Waals surface area contributed by atoms with E-state index in [1.807, 2.05) is 49.5 Å². The minimum Gasteiger partial charge on any atom is -0.455 e. The Kier molecular flexibility index (Phi) is 3.61. The van der Waals surface area contributed by atoms with Crippen molar-refractivity contribution in [2.45, 2.75) is 6.54 Å². The number of pyridine rings is 1. The van der Waals surface area contributed by atoms with E-state index in [9.17, 15) is 0 Å². The van der Waals surface area contributed by atoms with E-state index in [1.165, 1.54) is 5.56 Å². The Morgan fingerprint density at radius 1 is 1.00 bits per heavy atom. The molecule has 3 aromatic rings. The zero-order chi connectivity index (χ0) is 13.8. The van der Waals surface area contributed by atoms with Crippen LogP contribution in [0.5, 0.6) is 11.5 Å². The Bertz CT molecular complexity index is 702. The summed E-state index contributed by atoms with van der Waals surface area (Å²) in [6.45, 7) is 0.857. The topological polar surface area (TPSA) is 34.1 Å². The van der Waals surface area contributed by atoms with Gasteiger partial charge in [-0.1, -0.05) is 30.3 Å². The van der Waals surface area contributed by atoms with Gasteiger partial charge in [0.2, 0.25) is 0 Å². The summed E-state index contributed by atoms with van der Waals surface area (Å²) >= 11 is 0. The van der Waals surface area contributed by atoms with Crippen LogP contribution in [0.25, 0.3) is 10.9 Å². The average Bonchev–Trinajstić information content (AvgIpc) is 2.50. The number of para-hydroxylation sites is 1. The van der Waals surface area contributed by atoms with Crippen LogP contribution < -0.4 is 10.1 Å². The van der Waals surface area contributed by atoms with Crippen LogP contribution in [-0.2, 0) is 6.54 Å². The molecule has 20 heavy (non-hydrogen) atoms. The molecule has 3 rings (SSSR count). The van der Waals surface area contributed by atoms with Crippen LogP contribution >= 0.6 is 0 Å². The largest absolute Gasteiger partial charge is 0.455 e. The highest BCUT2D eigenvalue weighted by atomic mass is 16.5. The van der Waals surface area contributed by atoms with Gasteiger partial charge in [-0.3, -0.25) is 4.98 Å². The third-order valence-electron chi connectivity index (χ3n) is 3.13. The number of hydrogen-bond donors (Lipinski definition) is 1. The van der Waals surface area contributed by atoms with Crippen LogP contribution in [0.1, 0.15) is 5.56 Å². The Balaban J connectivity index is 1.89. The highest BCUT2D eigenvalue weighted by molar-refractivity contribution is 5.84. The van der Waals surface area contributed by atoms with Gasteiger partial charge in [-0.25, -0.2) is 0 Å². The van der Waals surface area contributed by atoms with Crippen molar-refractivity contribution < 1.29 is 4.74 Å². The molecule has 0 atom stereocenters. The molecule has 2 aromatic carbocycles. The van der Waals surface area contributed by atoms with Crippen molar-refractivity contribution in [3.05, 3.63) is 66.4 Å². The molecule has 0 radical (unpaired) electrons. The molecule has 0 aliphatic rings. The summed E-state index contributed by atoms with van der Waals surface area (Å²) in [7, 11) is 1.94. The molecular formula is C17H16N2O. The van der Waals surface area contributed by atoms with Gasteiger partial charge < -0.3 is 10.1 Å². The highest BCUT2D eigenvalue weighted by Crippen LogP contribution is 2.28. The molecular weight excluding hydrogens is 248 g/mol. The smallest absolute Gasteiger partial charge is 0.153 e. The van der Waals surface area contributed by atoms with Crippen molar-refractivity contribution in [3.63, 3.8) is 0 Å². The fourth-order valence-corrected chi connectivity index (χ4v) is 2.17. The zero-order valence-corrected chi connectivity index (χ0v) is 11.3. The zero-order valence-electron chi connectivity index (χ0n) is 11.3. The van der Waals surface area contributed by atoms with E-state index in [0.717, 1.165) is 28.9 Å². The van der Waals surface area contributed by atoms with Crippen molar-refractivity contribution in [2.75, 3.05) is 7.05 Å². The number of ether oxygens (including phenoxy) is 1. The van der Waals surface area contributed by atoms with Gasteiger partial charge in [0, 0.05) is 18.1 Å². The monoisotopic (exact) mass is 264 g/mol. The molecule has 0 saturated carbocycles. The first kappa shape index (κ1) is 12.6. The molecule has 0 fully saturated rings. The maximum atomic E-state index is 5.94. The molecule has 1 heterocycles. The van der Waals surface area contributed by atoms with Crippen LogP contribution in [0.2, 0.25) is 0 Å². The quantitative estimate of drug-likeness (QED) is 0.779. The number of rotatable bonds is 4. The molecule has 0 spiro atoms. The van der Waals surface area contributed by atoms with Crippen LogP contribution in [0.4, 0.5) is 0 Å². The highest BCUT2D eigenvalue weighted by Gasteiger charge is 2.04. The lowest BCUT2D eigenvalue weighted by Gasteiger charge is -2.09. The third kappa shape index (κ3) is 2.63. The fraction of sp³-hybridized carbons (Fsp3) is 0.118. The first-order valence-electron chi connectivity index (χ1n) is 6.62. The van der Waals surface area contributed by atoms with Gasteiger partial charge >= 0.3 is 0 Å². The average molecular weight is 264 g/mol. The lowest BCUT2D eigenvalue weighted by Crippen LogP contribution is -2.04. The molecule has 3 heteroatoms. The van der Waals surface area contributed by atoms with Crippen LogP contribution in [-0.4, -0.2) is 12.0 Å². The summed E-state index contributed by atoms with van der Waals surface area (Å²) in [5.74, 6) is 1.60. The maximum Gasteiger partial charge on any atom is 0.153 e. The number of aromatic nitrogens is 1. The minimum absolute atomic E-state index is 0.782. The van der Waals surface area contributed by atoms with Gasteiger partial charge in [0.1, 0.15) is 11.3 Å². The second kappa shape index (κ2) is 5.72. The van der Waals surface area contributed by atoms with E-state index in [2.05, 4.69) is 22.4 Å². The Morgan fingerprint density at radius 3 is 2.60 bits per heavy atom. The van der Waals surface area contributed by atoms with E-state index in [4.69, 9.17) is 4.74 Å². The van der Waals surface area contributed by atoms with Crippen LogP contribution in [0.3, 0.4) is 0 Å². The van der Waals surface area contributed by atoms with Crippen molar-refractivity contribution in [1.29, 1.82) is 0 Å². The van der Waals surface area contributed by atoms with Gasteiger partial charge in [0.05, 0.1) is 0 Å². The third-order valence-corrected chi connectivity index (χ3v) is 3.13. The number of nitrogens with zero attached hydrogens (tertiary/aromatic N) is 1. The van der Waals surface area contributed by atoms with Crippen molar-refractivity contribution >= 4 is 10.9 Å². The summed E-state index contributed by atoms with van der Waals surface area (Å²) in [5, 5.41) is 4.21. The standard InChI is InChI=1S/C17H16N2O/c1-18-12-13-7-9-15(10-8-13)20-16-6-2-4-14-5-3-11-19-17(14)16/h2-11,18H,12H2,1H3. The normalized spacial score (nSPS) is 10.7. The number of benzene rings is 2. The summed E-state index contributed by atoms with van der Waals surface area (Å²) in [5.41, 5.74) is 2.12. The molecule has 0 bridgehead atoms. The van der Waals surface area contributed by atoms with Crippen molar-refractivity contribution in [1.82, 2.24) is 10.3 Å². The molecule has 0 aliphatic heterocycles. The van der Waals surface area contributed by atoms with Gasteiger partial charge in [-0.2, -0.15) is 0 Å². The van der Waals surface area contributed by atoms with E-state index in [-0.39, 0.29) is 0 Å². The fourth-order valence-electron chi connectivity index (χ4n) is 2.17. The van der Waals surface area contributed by atoms with E-state index < -0.39 is 0 Å². The predicted molar refractivity (Wildman–Crippen MR) is 81.0 cm³/mol. The van der Waals surface area contributed by atoms with Crippen molar-refractivity contribution in [3.8, 4) is 11.5 Å². The molecule has 0 amide bonds. The summed E-state index contributed by atoms with van der Waals surface area (Å²) < 4.78 is 5.94. The van der Waals surface area contributed by atoms with Crippen LogP contribution in [0, 0.1) is 0 Å². The lowest BCUT2D eigenvalue weighted by molar-refractivity contribution is 0.487. The summed E-state index contributed by atoms with van der Waals surface area (Å²) in [6.07, 6.45) is 1.78. The Morgan fingerprint density at radius 2 is 1.80 bits per heavy atom. The molecule has 1 aromatic heterocycles. The first-order valence-corrected chi connectivity index (χ1v) is 6.62. The minimum atomic E-state index is 0.782. The van der Waals surface area contributed by atoms with Gasteiger partial charge in [-0.05, 0) is 36.9 Å². The van der Waals surface area contributed by atoms with Crippen molar-refractivity contribution in [2.24, 2.45) is 0 Å². The molecule has 0 saturated heterocycles. The number of nitrogens with one attached hydrogen (secondary N) is 1. The van der Waals surface area contributed by atoms with E-state index in [0.29, 0.717) is 0 Å². The van der Waals surface area contributed by atoms with Gasteiger partial charge in [0.25, 0.3) is 0 Å². The Labute approximate surface area is 118 Å². The second-order valence-electron chi connectivity index (χ2n) is 4.61.